The molecule has 4 rings (SSSR count). The maximum atomic E-state index is 11.9. The third kappa shape index (κ3) is 2.50. The Kier molecular flexibility index (Phi) is 3.95. The summed E-state index contributed by atoms with van der Waals surface area (Å²) in [5.41, 5.74) is -0.0535. The van der Waals surface area contributed by atoms with Crippen LogP contribution in [-0.4, -0.2) is 49.6 Å². The molecule has 0 N–H and O–H groups in total. The molecule has 7 atom stereocenters. The van der Waals surface area contributed by atoms with E-state index in [1.807, 2.05) is 20.8 Å². The van der Waals surface area contributed by atoms with Crippen molar-refractivity contribution in [3.63, 3.8) is 0 Å². The zero-order valence-corrected chi connectivity index (χ0v) is 14.9. The van der Waals surface area contributed by atoms with E-state index in [-0.39, 0.29) is 41.9 Å². The van der Waals surface area contributed by atoms with Gasteiger partial charge < -0.3 is 23.7 Å². The van der Waals surface area contributed by atoms with Gasteiger partial charge in [-0.2, -0.15) is 0 Å². The Bertz CT molecular complexity index is 520. The van der Waals surface area contributed by atoms with Crippen LogP contribution in [0.5, 0.6) is 0 Å². The van der Waals surface area contributed by atoms with Crippen molar-refractivity contribution in [3.05, 3.63) is 0 Å². The van der Waals surface area contributed by atoms with E-state index in [0.717, 1.165) is 12.8 Å². The van der Waals surface area contributed by atoms with Gasteiger partial charge in [-0.15, -0.1) is 0 Å². The Morgan fingerprint density at radius 1 is 1.21 bits per heavy atom. The molecule has 24 heavy (non-hydrogen) atoms. The summed E-state index contributed by atoms with van der Waals surface area (Å²) in [6, 6.07) is 0. The van der Waals surface area contributed by atoms with Crippen LogP contribution in [0.2, 0.25) is 0 Å². The number of hydrogen-bond donors (Lipinski definition) is 0. The summed E-state index contributed by atoms with van der Waals surface area (Å²) in [5, 5.41) is 0. The van der Waals surface area contributed by atoms with Gasteiger partial charge in [0.25, 0.3) is 0 Å². The molecule has 0 amide bonds. The summed E-state index contributed by atoms with van der Waals surface area (Å²) in [6.07, 6.45) is 2.08. The Labute approximate surface area is 143 Å². The largest absolute Gasteiger partial charge is 0.466 e. The number of esters is 1. The van der Waals surface area contributed by atoms with Crippen molar-refractivity contribution < 1.29 is 28.5 Å². The normalized spacial score (nSPS) is 48.7. The summed E-state index contributed by atoms with van der Waals surface area (Å²) in [7, 11) is 0. The lowest BCUT2D eigenvalue weighted by Crippen LogP contribution is -2.48. The van der Waals surface area contributed by atoms with Gasteiger partial charge in [0.1, 0.15) is 6.10 Å². The molecule has 6 heteroatoms. The average molecular weight is 340 g/mol. The van der Waals surface area contributed by atoms with Gasteiger partial charge in [0.05, 0.1) is 31.8 Å². The van der Waals surface area contributed by atoms with Gasteiger partial charge in [0, 0.05) is 17.3 Å². The molecule has 6 nitrogen and oxygen atoms in total. The van der Waals surface area contributed by atoms with Crippen LogP contribution >= 0.6 is 0 Å². The van der Waals surface area contributed by atoms with Gasteiger partial charge in [-0.1, -0.05) is 6.92 Å². The minimum atomic E-state index is -0.570. The second-order valence-corrected chi connectivity index (χ2v) is 8.22. The Balaban J connectivity index is 1.48. The van der Waals surface area contributed by atoms with E-state index in [0.29, 0.717) is 25.6 Å². The van der Waals surface area contributed by atoms with Crippen molar-refractivity contribution in [1.29, 1.82) is 0 Å². The highest BCUT2D eigenvalue weighted by molar-refractivity contribution is 5.70. The molecule has 0 bridgehead atoms. The molecule has 3 aliphatic heterocycles. The third-order valence-corrected chi connectivity index (χ3v) is 6.35. The lowest BCUT2D eigenvalue weighted by molar-refractivity contribution is -0.223. The molecule has 1 saturated carbocycles. The Morgan fingerprint density at radius 2 is 2.00 bits per heavy atom. The predicted octanol–water partition coefficient (Wildman–Crippen LogP) is 2.25. The summed E-state index contributed by atoms with van der Waals surface area (Å²) >= 11 is 0. The van der Waals surface area contributed by atoms with E-state index in [4.69, 9.17) is 23.7 Å². The lowest BCUT2D eigenvalue weighted by atomic mass is 9.61. The zero-order chi connectivity index (χ0) is 17.1. The molecule has 1 aliphatic carbocycles. The standard InChI is InChI=1S/C18H28O6/c1-5-20-13(19)8-12-18(4)7-6-10-14(11(18)9-21-12)22-16-15(10)23-17(2,3)24-16/h10-12,14-16H,5-9H2,1-4H3/t10-,11+,12?,14+,15-,16-,18-/m1/s1. The number of ether oxygens (including phenoxy) is 5. The van der Waals surface area contributed by atoms with E-state index in [1.54, 1.807) is 0 Å². The van der Waals surface area contributed by atoms with Crippen LogP contribution in [0.25, 0.3) is 0 Å². The monoisotopic (exact) mass is 340 g/mol. The topological polar surface area (TPSA) is 63.2 Å². The molecule has 0 radical (unpaired) electrons. The minimum absolute atomic E-state index is 0.0126. The highest BCUT2D eigenvalue weighted by atomic mass is 16.8. The van der Waals surface area contributed by atoms with Crippen LogP contribution in [0.1, 0.15) is 47.0 Å². The first-order chi connectivity index (χ1) is 11.3. The van der Waals surface area contributed by atoms with Crippen molar-refractivity contribution in [2.45, 2.75) is 77.3 Å². The second-order valence-electron chi connectivity index (χ2n) is 8.22. The maximum Gasteiger partial charge on any atom is 0.308 e. The predicted molar refractivity (Wildman–Crippen MR) is 84.0 cm³/mol. The molecular weight excluding hydrogens is 312 g/mol. The van der Waals surface area contributed by atoms with Crippen molar-refractivity contribution in [3.8, 4) is 0 Å². The Morgan fingerprint density at radius 3 is 2.75 bits per heavy atom. The van der Waals surface area contributed by atoms with E-state index >= 15 is 0 Å². The summed E-state index contributed by atoms with van der Waals surface area (Å²) in [4.78, 5) is 11.9. The van der Waals surface area contributed by atoms with Gasteiger partial charge in [0.2, 0.25) is 0 Å². The molecule has 0 spiro atoms. The summed E-state index contributed by atoms with van der Waals surface area (Å²) in [5.74, 6) is -0.125. The average Bonchev–Trinajstić information content (AvgIpc) is 3.07. The fraction of sp³-hybridized carbons (Fsp3) is 0.944. The fourth-order valence-corrected chi connectivity index (χ4v) is 5.11. The zero-order valence-electron chi connectivity index (χ0n) is 14.9. The molecule has 3 saturated heterocycles. The molecule has 0 aromatic carbocycles. The number of hydrogen-bond acceptors (Lipinski definition) is 6. The molecule has 0 aromatic heterocycles. The van der Waals surface area contributed by atoms with Gasteiger partial charge in [-0.05, 0) is 33.6 Å². The second kappa shape index (κ2) is 5.66. The van der Waals surface area contributed by atoms with Crippen LogP contribution in [0.3, 0.4) is 0 Å². The highest BCUT2D eigenvalue weighted by Crippen LogP contribution is 2.57. The first-order valence-electron chi connectivity index (χ1n) is 9.12. The molecule has 0 aromatic rings. The van der Waals surface area contributed by atoms with Crippen LogP contribution in [-0.2, 0) is 28.5 Å². The lowest BCUT2D eigenvalue weighted by Gasteiger charge is -2.44. The van der Waals surface area contributed by atoms with E-state index in [1.165, 1.54) is 0 Å². The molecular formula is C18H28O6. The number of fused-ring (bicyclic) bond motifs is 5. The molecule has 4 aliphatic rings. The van der Waals surface area contributed by atoms with Crippen LogP contribution in [0.15, 0.2) is 0 Å². The SMILES string of the molecule is CCOC(=O)CC1OC[C@H]2[C@H]3O[C@@H]4OC(C)(C)O[C@@H]4[C@@H]3CC[C@@]12C. The third-order valence-electron chi connectivity index (χ3n) is 6.35. The maximum absolute atomic E-state index is 11.9. The Hall–Kier alpha value is -0.690. The smallest absolute Gasteiger partial charge is 0.308 e. The molecule has 136 valence electrons. The van der Waals surface area contributed by atoms with Crippen molar-refractivity contribution in [1.82, 2.24) is 0 Å². The number of carbonyl (C=O) groups excluding carboxylic acids is 1. The number of rotatable bonds is 3. The van der Waals surface area contributed by atoms with Crippen molar-refractivity contribution in [2.24, 2.45) is 17.3 Å². The number of carbonyl (C=O) groups is 1. The summed E-state index contributed by atoms with van der Waals surface area (Å²) < 4.78 is 29.4. The quantitative estimate of drug-likeness (QED) is 0.734. The first kappa shape index (κ1) is 16.8. The van der Waals surface area contributed by atoms with E-state index < -0.39 is 5.79 Å². The highest BCUT2D eigenvalue weighted by Gasteiger charge is 2.64. The molecule has 1 unspecified atom stereocenters. The van der Waals surface area contributed by atoms with E-state index in [2.05, 4.69) is 6.92 Å². The molecule has 3 heterocycles. The van der Waals surface area contributed by atoms with Gasteiger partial charge >= 0.3 is 5.97 Å². The van der Waals surface area contributed by atoms with Crippen molar-refractivity contribution in [2.75, 3.05) is 13.2 Å². The molecule has 4 fully saturated rings. The van der Waals surface area contributed by atoms with E-state index in [9.17, 15) is 4.79 Å². The van der Waals surface area contributed by atoms with Crippen LogP contribution < -0.4 is 0 Å². The first-order valence-corrected chi connectivity index (χ1v) is 9.12. The van der Waals surface area contributed by atoms with Gasteiger partial charge in [0.15, 0.2) is 12.1 Å². The van der Waals surface area contributed by atoms with Crippen LogP contribution in [0, 0.1) is 17.3 Å². The van der Waals surface area contributed by atoms with Gasteiger partial charge in [-0.3, -0.25) is 4.79 Å². The minimum Gasteiger partial charge on any atom is -0.466 e. The van der Waals surface area contributed by atoms with Gasteiger partial charge in [-0.25, -0.2) is 0 Å². The van der Waals surface area contributed by atoms with Crippen molar-refractivity contribution >= 4 is 5.97 Å². The fourth-order valence-electron chi connectivity index (χ4n) is 5.11. The van der Waals surface area contributed by atoms with Crippen LogP contribution in [0.4, 0.5) is 0 Å². The summed E-state index contributed by atoms with van der Waals surface area (Å²) in [6.45, 7) is 8.97.